The molecule has 0 aromatic rings. The average molecular weight is 263 g/mol. The molecule has 1 rings (SSSR count). The number of carboxylic acid groups (broad SMARTS) is 1. The van der Waals surface area contributed by atoms with Crippen LogP contribution in [-0.2, 0) is 9.53 Å². The Hall–Kier alpha value is -0.280. The van der Waals surface area contributed by atoms with Crippen LogP contribution in [0, 0.1) is 11.3 Å². The molecule has 0 heterocycles. The zero-order valence-corrected chi connectivity index (χ0v) is 11.7. The highest BCUT2D eigenvalue weighted by Gasteiger charge is 2.44. The van der Waals surface area contributed by atoms with Crippen LogP contribution in [0.15, 0.2) is 0 Å². The second kappa shape index (κ2) is 5.57. The fraction of sp³-hybridized carbons (Fsp3) is 0.923. The van der Waals surface area contributed by atoms with Gasteiger partial charge in [-0.05, 0) is 37.0 Å². The van der Waals surface area contributed by atoms with E-state index in [4.69, 9.17) is 16.3 Å². The molecule has 1 aliphatic carbocycles. The van der Waals surface area contributed by atoms with Crippen LogP contribution in [0.1, 0.15) is 46.5 Å². The third-order valence-corrected chi connectivity index (χ3v) is 4.02. The average Bonchev–Trinajstić information content (AvgIpc) is 2.25. The summed E-state index contributed by atoms with van der Waals surface area (Å²) in [5.74, 6) is 0.0853. The van der Waals surface area contributed by atoms with E-state index >= 15 is 0 Å². The Kier molecular flexibility index (Phi) is 4.85. The van der Waals surface area contributed by atoms with Gasteiger partial charge in [0.05, 0.1) is 6.61 Å². The molecule has 3 nitrogen and oxygen atoms in total. The Morgan fingerprint density at radius 3 is 2.29 bits per heavy atom. The van der Waals surface area contributed by atoms with E-state index in [1.165, 1.54) is 0 Å². The maximum Gasteiger partial charge on any atom is 0.335 e. The Balaban J connectivity index is 2.64. The lowest BCUT2D eigenvalue weighted by Gasteiger charge is -2.41. The van der Waals surface area contributed by atoms with E-state index in [1.807, 2.05) is 0 Å². The molecule has 4 heteroatoms. The van der Waals surface area contributed by atoms with Crippen molar-refractivity contribution in [1.82, 2.24) is 0 Å². The summed E-state index contributed by atoms with van der Waals surface area (Å²) in [6, 6.07) is 0. The lowest BCUT2D eigenvalue weighted by Crippen LogP contribution is -2.46. The van der Waals surface area contributed by atoms with E-state index in [0.29, 0.717) is 31.2 Å². The van der Waals surface area contributed by atoms with Crippen LogP contribution in [0.5, 0.6) is 0 Å². The van der Waals surface area contributed by atoms with Crippen molar-refractivity contribution < 1.29 is 14.6 Å². The van der Waals surface area contributed by atoms with E-state index in [-0.39, 0.29) is 5.41 Å². The van der Waals surface area contributed by atoms with E-state index in [1.54, 1.807) is 0 Å². The second-order valence-corrected chi connectivity index (χ2v) is 6.36. The lowest BCUT2D eigenvalue weighted by molar-refractivity contribution is -0.172. The molecule has 0 saturated heterocycles. The molecule has 0 aliphatic heterocycles. The van der Waals surface area contributed by atoms with Crippen molar-refractivity contribution in [1.29, 1.82) is 0 Å². The van der Waals surface area contributed by atoms with Gasteiger partial charge in [0.1, 0.15) is 0 Å². The van der Waals surface area contributed by atoms with Gasteiger partial charge in [0, 0.05) is 5.88 Å². The molecule has 0 unspecified atom stereocenters. The first-order valence-corrected chi connectivity index (χ1v) is 6.78. The fourth-order valence-corrected chi connectivity index (χ4v) is 2.68. The number of ether oxygens (including phenoxy) is 1. The normalized spacial score (nSPS) is 30.2. The largest absolute Gasteiger partial charge is 0.479 e. The molecule has 0 aromatic heterocycles. The Labute approximate surface area is 108 Å². The number of halogens is 1. The van der Waals surface area contributed by atoms with Gasteiger partial charge in [-0.15, -0.1) is 11.6 Å². The highest BCUT2D eigenvalue weighted by molar-refractivity contribution is 6.18. The molecule has 1 saturated carbocycles. The van der Waals surface area contributed by atoms with Crippen LogP contribution in [0.4, 0.5) is 0 Å². The molecule has 0 radical (unpaired) electrons. The monoisotopic (exact) mass is 262 g/mol. The minimum absolute atomic E-state index is 0.247. The summed E-state index contributed by atoms with van der Waals surface area (Å²) in [6.45, 7) is 6.95. The molecular formula is C13H23ClO3. The zero-order valence-electron chi connectivity index (χ0n) is 11.0. The van der Waals surface area contributed by atoms with Gasteiger partial charge in [-0.25, -0.2) is 4.79 Å². The topological polar surface area (TPSA) is 46.5 Å². The molecule has 0 spiro atoms. The first kappa shape index (κ1) is 14.8. The predicted octanol–water partition coefficient (Wildman–Crippen LogP) is 3.30. The summed E-state index contributed by atoms with van der Waals surface area (Å²) in [4.78, 5) is 11.4. The van der Waals surface area contributed by atoms with Crippen molar-refractivity contribution in [3.05, 3.63) is 0 Å². The number of hydrogen-bond acceptors (Lipinski definition) is 2. The van der Waals surface area contributed by atoms with Gasteiger partial charge in [0.2, 0.25) is 0 Å². The summed E-state index contributed by atoms with van der Waals surface area (Å²) >= 11 is 5.57. The minimum Gasteiger partial charge on any atom is -0.479 e. The molecule has 17 heavy (non-hydrogen) atoms. The highest BCUT2D eigenvalue weighted by Crippen LogP contribution is 2.42. The van der Waals surface area contributed by atoms with Crippen molar-refractivity contribution in [2.75, 3.05) is 12.5 Å². The molecule has 100 valence electrons. The molecule has 1 N–H and O–H groups in total. The molecule has 0 amide bonds. The number of carboxylic acids is 1. The van der Waals surface area contributed by atoms with Crippen molar-refractivity contribution in [3.8, 4) is 0 Å². The van der Waals surface area contributed by atoms with E-state index in [0.717, 1.165) is 12.8 Å². The van der Waals surface area contributed by atoms with Crippen molar-refractivity contribution >= 4 is 17.6 Å². The van der Waals surface area contributed by atoms with Gasteiger partial charge < -0.3 is 9.84 Å². The molecular weight excluding hydrogens is 240 g/mol. The smallest absolute Gasteiger partial charge is 0.335 e. The summed E-state index contributed by atoms with van der Waals surface area (Å²) in [6.07, 6.45) is 3.03. The van der Waals surface area contributed by atoms with Crippen LogP contribution < -0.4 is 0 Å². The van der Waals surface area contributed by atoms with E-state index in [2.05, 4.69) is 20.8 Å². The van der Waals surface area contributed by atoms with E-state index in [9.17, 15) is 9.90 Å². The quantitative estimate of drug-likeness (QED) is 0.791. The van der Waals surface area contributed by atoms with Crippen molar-refractivity contribution in [2.24, 2.45) is 11.3 Å². The molecule has 1 aliphatic rings. The molecule has 1 fully saturated rings. The second-order valence-electron chi connectivity index (χ2n) is 5.98. The van der Waals surface area contributed by atoms with Gasteiger partial charge in [-0.3, -0.25) is 0 Å². The SMILES string of the molecule is CC(C)(C)C1CCC(OCCCl)(C(=O)O)CC1. The Morgan fingerprint density at radius 2 is 1.94 bits per heavy atom. The number of rotatable bonds is 4. The first-order chi connectivity index (χ1) is 7.82. The lowest BCUT2D eigenvalue weighted by atomic mass is 9.68. The number of aliphatic carboxylic acids is 1. The summed E-state index contributed by atoms with van der Waals surface area (Å²) in [5.41, 5.74) is -0.742. The molecule has 0 aromatic carbocycles. The maximum absolute atomic E-state index is 11.4. The predicted molar refractivity (Wildman–Crippen MR) is 68.5 cm³/mol. The van der Waals surface area contributed by atoms with Crippen molar-refractivity contribution in [3.63, 3.8) is 0 Å². The van der Waals surface area contributed by atoms with Crippen LogP contribution in [0.3, 0.4) is 0 Å². The van der Waals surface area contributed by atoms with Gasteiger partial charge >= 0.3 is 5.97 Å². The summed E-state index contributed by atoms with van der Waals surface area (Å²) < 4.78 is 5.51. The van der Waals surface area contributed by atoms with Gasteiger partial charge in [-0.1, -0.05) is 20.8 Å². The standard InChI is InChI=1S/C13H23ClO3/c1-12(2,3)10-4-6-13(7-5-10,11(15)16)17-9-8-14/h10H,4-9H2,1-3H3,(H,15,16). The van der Waals surface area contributed by atoms with Gasteiger partial charge in [-0.2, -0.15) is 0 Å². The third-order valence-electron chi connectivity index (χ3n) is 3.86. The summed E-state index contributed by atoms with van der Waals surface area (Å²) in [7, 11) is 0. The van der Waals surface area contributed by atoms with Gasteiger partial charge in [0.15, 0.2) is 5.60 Å². The van der Waals surface area contributed by atoms with Crippen LogP contribution in [0.25, 0.3) is 0 Å². The Morgan fingerprint density at radius 1 is 1.41 bits per heavy atom. The molecule has 0 bridgehead atoms. The third kappa shape index (κ3) is 3.59. The van der Waals surface area contributed by atoms with Crippen LogP contribution in [-0.4, -0.2) is 29.2 Å². The van der Waals surface area contributed by atoms with E-state index < -0.39 is 11.6 Å². The number of carbonyl (C=O) groups is 1. The van der Waals surface area contributed by atoms with Crippen molar-refractivity contribution in [2.45, 2.75) is 52.1 Å². The minimum atomic E-state index is -0.989. The van der Waals surface area contributed by atoms with Gasteiger partial charge in [0.25, 0.3) is 0 Å². The maximum atomic E-state index is 11.4. The van der Waals surface area contributed by atoms with Crippen LogP contribution in [0.2, 0.25) is 0 Å². The van der Waals surface area contributed by atoms with Crippen LogP contribution >= 0.6 is 11.6 Å². The summed E-state index contributed by atoms with van der Waals surface area (Å²) in [5, 5.41) is 9.34. The highest BCUT2D eigenvalue weighted by atomic mass is 35.5. The first-order valence-electron chi connectivity index (χ1n) is 6.25. The number of alkyl halides is 1. The zero-order chi connectivity index (χ0) is 13.1. The molecule has 0 atom stereocenters. The number of hydrogen-bond donors (Lipinski definition) is 1. The fourth-order valence-electron chi connectivity index (χ4n) is 2.60. The Bertz CT molecular complexity index is 262.